The van der Waals surface area contributed by atoms with Crippen LogP contribution in [-0.4, -0.2) is 31.5 Å². The minimum absolute atomic E-state index is 0.130. The fourth-order valence-corrected chi connectivity index (χ4v) is 2.20. The minimum atomic E-state index is 0.130. The highest BCUT2D eigenvalue weighted by Crippen LogP contribution is 2.44. The maximum Gasteiger partial charge on any atom is 0.127 e. The fraction of sp³-hybridized carbons (Fsp3) is 0.625. The molecule has 0 saturated heterocycles. The van der Waals surface area contributed by atoms with Gasteiger partial charge in [-0.2, -0.15) is 0 Å². The van der Waals surface area contributed by atoms with E-state index in [1.54, 1.807) is 7.11 Å². The summed E-state index contributed by atoms with van der Waals surface area (Å²) in [4.78, 5) is 0. The molecule has 0 bridgehead atoms. The van der Waals surface area contributed by atoms with E-state index in [4.69, 9.17) is 9.47 Å². The van der Waals surface area contributed by atoms with Gasteiger partial charge in [0.25, 0.3) is 0 Å². The third-order valence-electron chi connectivity index (χ3n) is 3.74. The zero-order valence-electron chi connectivity index (χ0n) is 12.6. The summed E-state index contributed by atoms with van der Waals surface area (Å²) in [6, 6.07) is 5.90. The largest absolute Gasteiger partial charge is 0.497 e. The maximum absolute atomic E-state index is 9.31. The average Bonchev–Trinajstić information content (AvgIpc) is 3.20. The molecule has 4 nitrogen and oxygen atoms in total. The maximum atomic E-state index is 9.31. The second kappa shape index (κ2) is 6.46. The van der Waals surface area contributed by atoms with Gasteiger partial charge >= 0.3 is 0 Å². The number of hydrogen-bond donors (Lipinski definition) is 2. The van der Waals surface area contributed by atoms with E-state index in [2.05, 4.69) is 5.32 Å². The molecule has 1 aliphatic rings. The van der Waals surface area contributed by atoms with Crippen LogP contribution in [0.5, 0.6) is 11.5 Å². The van der Waals surface area contributed by atoms with E-state index in [1.807, 2.05) is 32.0 Å². The van der Waals surface area contributed by atoms with Crippen LogP contribution in [0.2, 0.25) is 0 Å². The van der Waals surface area contributed by atoms with Crippen LogP contribution in [0.3, 0.4) is 0 Å². The molecule has 1 aromatic carbocycles. The Balaban J connectivity index is 1.98. The monoisotopic (exact) mass is 279 g/mol. The van der Waals surface area contributed by atoms with Gasteiger partial charge in [0.15, 0.2) is 0 Å². The Kier molecular flexibility index (Phi) is 4.89. The average molecular weight is 279 g/mol. The molecule has 1 aliphatic carbocycles. The predicted octanol–water partition coefficient (Wildman–Crippen LogP) is 2.34. The van der Waals surface area contributed by atoms with Crippen LogP contribution in [-0.2, 0) is 6.54 Å². The van der Waals surface area contributed by atoms with Gasteiger partial charge in [0.1, 0.15) is 11.5 Å². The van der Waals surface area contributed by atoms with E-state index in [1.165, 1.54) is 0 Å². The third kappa shape index (κ3) is 3.87. The van der Waals surface area contributed by atoms with Crippen LogP contribution >= 0.6 is 0 Å². The fourth-order valence-electron chi connectivity index (χ4n) is 2.20. The second-order valence-corrected chi connectivity index (χ2v) is 5.90. The van der Waals surface area contributed by atoms with Gasteiger partial charge in [-0.05, 0) is 32.8 Å². The molecule has 1 aromatic rings. The van der Waals surface area contributed by atoms with Crippen LogP contribution in [0.4, 0.5) is 0 Å². The predicted molar refractivity (Wildman–Crippen MR) is 79.2 cm³/mol. The molecule has 0 atom stereocenters. The van der Waals surface area contributed by atoms with E-state index in [0.29, 0.717) is 0 Å². The van der Waals surface area contributed by atoms with Crippen molar-refractivity contribution in [1.29, 1.82) is 0 Å². The highest BCUT2D eigenvalue weighted by molar-refractivity contribution is 5.40. The summed E-state index contributed by atoms with van der Waals surface area (Å²) >= 11 is 0. The van der Waals surface area contributed by atoms with Crippen molar-refractivity contribution in [3.63, 3.8) is 0 Å². The normalized spacial score (nSPS) is 16.2. The standard InChI is InChI=1S/C16H25NO3/c1-12(2)20-15-8-14(19-3)5-4-13(15)9-17-10-16(11-18)6-7-16/h4-5,8,12,17-18H,6-7,9-11H2,1-3H3. The van der Waals surface area contributed by atoms with Gasteiger partial charge in [-0.3, -0.25) is 0 Å². The van der Waals surface area contributed by atoms with Crippen molar-refractivity contribution in [2.45, 2.75) is 39.3 Å². The van der Waals surface area contributed by atoms with E-state index in [-0.39, 0.29) is 18.1 Å². The molecule has 20 heavy (non-hydrogen) atoms. The number of methoxy groups -OCH3 is 1. The smallest absolute Gasteiger partial charge is 0.127 e. The first kappa shape index (κ1) is 15.1. The molecule has 0 unspecified atom stereocenters. The molecule has 0 spiro atoms. The van der Waals surface area contributed by atoms with Gasteiger partial charge in [0, 0.05) is 36.7 Å². The Morgan fingerprint density at radius 3 is 2.65 bits per heavy atom. The Hall–Kier alpha value is -1.26. The van der Waals surface area contributed by atoms with Crippen molar-refractivity contribution in [3.05, 3.63) is 23.8 Å². The van der Waals surface area contributed by atoms with Crippen molar-refractivity contribution >= 4 is 0 Å². The zero-order valence-corrected chi connectivity index (χ0v) is 12.6. The first-order valence-electron chi connectivity index (χ1n) is 7.24. The molecule has 1 fully saturated rings. The molecule has 0 aliphatic heterocycles. The minimum Gasteiger partial charge on any atom is -0.497 e. The van der Waals surface area contributed by atoms with Crippen molar-refractivity contribution in [2.75, 3.05) is 20.3 Å². The van der Waals surface area contributed by atoms with Crippen LogP contribution in [0.25, 0.3) is 0 Å². The molecule has 0 radical (unpaired) electrons. The van der Waals surface area contributed by atoms with Crippen molar-refractivity contribution < 1.29 is 14.6 Å². The van der Waals surface area contributed by atoms with E-state index < -0.39 is 0 Å². The number of aliphatic hydroxyl groups excluding tert-OH is 1. The summed E-state index contributed by atoms with van der Waals surface area (Å²) in [5.74, 6) is 1.67. The van der Waals surface area contributed by atoms with Crippen molar-refractivity contribution in [3.8, 4) is 11.5 Å². The Morgan fingerprint density at radius 1 is 1.35 bits per heavy atom. The molecular formula is C16H25NO3. The summed E-state index contributed by atoms with van der Waals surface area (Å²) < 4.78 is 11.1. The number of ether oxygens (including phenoxy) is 2. The summed E-state index contributed by atoms with van der Waals surface area (Å²) in [6.45, 7) is 5.91. The summed E-state index contributed by atoms with van der Waals surface area (Å²) in [7, 11) is 1.66. The highest BCUT2D eigenvalue weighted by Gasteiger charge is 2.41. The zero-order chi connectivity index (χ0) is 14.6. The Morgan fingerprint density at radius 2 is 2.10 bits per heavy atom. The van der Waals surface area contributed by atoms with Gasteiger partial charge in [0.2, 0.25) is 0 Å². The lowest BCUT2D eigenvalue weighted by Crippen LogP contribution is -2.26. The van der Waals surface area contributed by atoms with Crippen molar-refractivity contribution in [2.24, 2.45) is 5.41 Å². The summed E-state index contributed by atoms with van der Waals surface area (Å²) in [6.07, 6.45) is 2.37. The van der Waals surface area contributed by atoms with Gasteiger partial charge < -0.3 is 19.9 Å². The molecule has 4 heteroatoms. The van der Waals surface area contributed by atoms with Crippen molar-refractivity contribution in [1.82, 2.24) is 5.32 Å². The van der Waals surface area contributed by atoms with Gasteiger partial charge in [0.05, 0.1) is 13.2 Å². The topological polar surface area (TPSA) is 50.7 Å². The molecule has 1 saturated carbocycles. The Bertz CT molecular complexity index is 441. The molecule has 2 rings (SSSR count). The number of aliphatic hydroxyl groups is 1. The van der Waals surface area contributed by atoms with Crippen LogP contribution in [0, 0.1) is 5.41 Å². The summed E-state index contributed by atoms with van der Waals surface area (Å²) in [5.41, 5.74) is 1.25. The second-order valence-electron chi connectivity index (χ2n) is 5.90. The lowest BCUT2D eigenvalue weighted by Gasteiger charge is -2.17. The van der Waals surface area contributed by atoms with E-state index >= 15 is 0 Å². The van der Waals surface area contributed by atoms with Gasteiger partial charge in [-0.25, -0.2) is 0 Å². The molecule has 2 N–H and O–H groups in total. The first-order valence-corrected chi connectivity index (χ1v) is 7.24. The number of nitrogens with one attached hydrogen (secondary N) is 1. The number of rotatable bonds is 8. The molecular weight excluding hydrogens is 254 g/mol. The van der Waals surface area contributed by atoms with E-state index in [0.717, 1.165) is 43.0 Å². The molecule has 0 amide bonds. The molecule has 0 heterocycles. The molecule has 112 valence electrons. The summed E-state index contributed by atoms with van der Waals surface area (Å²) in [5, 5.41) is 12.7. The molecule has 0 aromatic heterocycles. The highest BCUT2D eigenvalue weighted by atomic mass is 16.5. The van der Waals surface area contributed by atoms with Crippen LogP contribution in [0.1, 0.15) is 32.3 Å². The van der Waals surface area contributed by atoms with Gasteiger partial charge in [-0.1, -0.05) is 6.07 Å². The lowest BCUT2D eigenvalue weighted by molar-refractivity contribution is 0.207. The number of benzene rings is 1. The first-order chi connectivity index (χ1) is 9.58. The Labute approximate surface area is 121 Å². The van der Waals surface area contributed by atoms with Crippen LogP contribution in [0.15, 0.2) is 18.2 Å². The number of hydrogen-bond acceptors (Lipinski definition) is 4. The lowest BCUT2D eigenvalue weighted by atomic mass is 10.1. The van der Waals surface area contributed by atoms with E-state index in [9.17, 15) is 5.11 Å². The van der Waals surface area contributed by atoms with Gasteiger partial charge in [-0.15, -0.1) is 0 Å². The quantitative estimate of drug-likeness (QED) is 0.767. The SMILES string of the molecule is COc1ccc(CNCC2(CO)CC2)c(OC(C)C)c1. The van der Waals surface area contributed by atoms with Crippen LogP contribution < -0.4 is 14.8 Å². The third-order valence-corrected chi connectivity index (χ3v) is 3.74.